The van der Waals surface area contributed by atoms with Crippen molar-refractivity contribution < 1.29 is 8.42 Å². The molecule has 23 heavy (non-hydrogen) atoms. The Morgan fingerprint density at radius 1 is 1.04 bits per heavy atom. The minimum atomic E-state index is -3.39. The van der Waals surface area contributed by atoms with Gasteiger partial charge in [0.15, 0.2) is 0 Å². The number of benzene rings is 1. The monoisotopic (exact) mass is 337 g/mol. The van der Waals surface area contributed by atoms with E-state index in [1.807, 2.05) is 12.1 Å². The summed E-state index contributed by atoms with van der Waals surface area (Å²) in [4.78, 5) is 5.03. The Kier molecular flexibility index (Phi) is 5.36. The Bertz CT molecular complexity index is 637. The molecular formula is C17H27N3O2S. The lowest BCUT2D eigenvalue weighted by Gasteiger charge is -2.32. The highest BCUT2D eigenvalue weighted by atomic mass is 32.2. The van der Waals surface area contributed by atoms with Gasteiger partial charge in [0, 0.05) is 39.3 Å². The van der Waals surface area contributed by atoms with Crippen molar-refractivity contribution in [1.82, 2.24) is 14.5 Å². The molecule has 0 bridgehead atoms. The van der Waals surface area contributed by atoms with E-state index < -0.39 is 10.0 Å². The molecule has 3 rings (SSSR count). The number of sulfonamides is 1. The van der Waals surface area contributed by atoms with Crippen molar-refractivity contribution in [3.05, 3.63) is 29.3 Å². The number of aryl methyl sites for hydroxylation is 2. The third-order valence-electron chi connectivity index (χ3n) is 4.95. The highest BCUT2D eigenvalue weighted by Gasteiger charge is 2.18. The van der Waals surface area contributed by atoms with Gasteiger partial charge in [-0.3, -0.25) is 4.90 Å². The predicted octanol–water partition coefficient (Wildman–Crippen LogP) is 1.09. The average molecular weight is 337 g/mol. The van der Waals surface area contributed by atoms with Crippen LogP contribution in [0, 0.1) is 0 Å². The summed E-state index contributed by atoms with van der Waals surface area (Å²) < 4.78 is 27.7. The molecule has 1 aromatic rings. The van der Waals surface area contributed by atoms with Crippen LogP contribution in [-0.4, -0.2) is 64.5 Å². The van der Waals surface area contributed by atoms with Gasteiger partial charge in [-0.05, 0) is 56.0 Å². The SMILES string of the molecule is CN1CCN(CCNS(=O)(=O)c2ccc3c(c2)CCCC3)CC1. The average Bonchev–Trinajstić information content (AvgIpc) is 2.56. The first-order valence-corrected chi connectivity index (χ1v) is 10.1. The van der Waals surface area contributed by atoms with Gasteiger partial charge < -0.3 is 4.90 Å². The molecule has 0 aromatic heterocycles. The zero-order chi connectivity index (χ0) is 16.3. The maximum Gasteiger partial charge on any atom is 0.240 e. The summed E-state index contributed by atoms with van der Waals surface area (Å²) in [6, 6.07) is 5.61. The van der Waals surface area contributed by atoms with Crippen LogP contribution < -0.4 is 4.72 Å². The standard InChI is InChI=1S/C17H27N3O2S/c1-19-10-12-20(13-11-19)9-8-18-23(21,22)17-7-6-15-4-2-3-5-16(15)14-17/h6-7,14,18H,2-5,8-13H2,1H3. The van der Waals surface area contributed by atoms with Crippen LogP contribution in [0.15, 0.2) is 23.1 Å². The third-order valence-corrected chi connectivity index (χ3v) is 6.40. The van der Waals surface area contributed by atoms with E-state index in [4.69, 9.17) is 0 Å². The molecular weight excluding hydrogens is 310 g/mol. The summed E-state index contributed by atoms with van der Waals surface area (Å²) in [5, 5.41) is 0. The molecule has 0 atom stereocenters. The van der Waals surface area contributed by atoms with Gasteiger partial charge in [-0.1, -0.05) is 6.07 Å². The maximum absolute atomic E-state index is 12.5. The van der Waals surface area contributed by atoms with Gasteiger partial charge in [0.1, 0.15) is 0 Å². The van der Waals surface area contributed by atoms with Crippen LogP contribution in [0.25, 0.3) is 0 Å². The molecule has 5 nitrogen and oxygen atoms in total. The number of fused-ring (bicyclic) bond motifs is 1. The summed E-state index contributed by atoms with van der Waals surface area (Å²) in [5.74, 6) is 0. The van der Waals surface area contributed by atoms with E-state index in [1.165, 1.54) is 17.5 Å². The fourth-order valence-electron chi connectivity index (χ4n) is 3.37. The van der Waals surface area contributed by atoms with Crippen LogP contribution in [0.2, 0.25) is 0 Å². The van der Waals surface area contributed by atoms with Crippen LogP contribution in [0.5, 0.6) is 0 Å². The minimum absolute atomic E-state index is 0.413. The summed E-state index contributed by atoms with van der Waals surface area (Å²) in [7, 11) is -1.27. The van der Waals surface area contributed by atoms with Crippen LogP contribution in [0.4, 0.5) is 0 Å². The summed E-state index contributed by atoms with van der Waals surface area (Å²) >= 11 is 0. The molecule has 2 aliphatic rings. The molecule has 0 spiro atoms. The molecule has 1 fully saturated rings. The normalized spacial score (nSPS) is 20.4. The number of piperazine rings is 1. The van der Waals surface area contributed by atoms with E-state index in [2.05, 4.69) is 21.6 Å². The number of nitrogens with zero attached hydrogens (tertiary/aromatic N) is 2. The Labute approximate surface area is 139 Å². The minimum Gasteiger partial charge on any atom is -0.304 e. The molecule has 0 radical (unpaired) electrons. The summed E-state index contributed by atoms with van der Waals surface area (Å²) in [5.41, 5.74) is 2.52. The van der Waals surface area contributed by atoms with E-state index in [0.717, 1.165) is 52.0 Å². The van der Waals surface area contributed by atoms with Crippen molar-refractivity contribution in [2.75, 3.05) is 46.3 Å². The molecule has 1 aliphatic carbocycles. The molecule has 1 aliphatic heterocycles. The van der Waals surface area contributed by atoms with E-state index >= 15 is 0 Å². The lowest BCUT2D eigenvalue weighted by Crippen LogP contribution is -2.46. The van der Waals surface area contributed by atoms with Gasteiger partial charge in [-0.2, -0.15) is 0 Å². The smallest absolute Gasteiger partial charge is 0.240 e. The van der Waals surface area contributed by atoms with Gasteiger partial charge >= 0.3 is 0 Å². The second-order valence-electron chi connectivity index (χ2n) is 6.68. The fraction of sp³-hybridized carbons (Fsp3) is 0.647. The Morgan fingerprint density at radius 3 is 2.48 bits per heavy atom. The summed E-state index contributed by atoms with van der Waals surface area (Å²) in [6.45, 7) is 5.38. The Hall–Kier alpha value is -0.950. The number of hydrogen-bond acceptors (Lipinski definition) is 4. The maximum atomic E-state index is 12.5. The third kappa shape index (κ3) is 4.32. The molecule has 0 unspecified atom stereocenters. The van der Waals surface area contributed by atoms with Crippen LogP contribution in [0.1, 0.15) is 24.0 Å². The van der Waals surface area contributed by atoms with Crippen molar-refractivity contribution in [2.24, 2.45) is 0 Å². The number of hydrogen-bond donors (Lipinski definition) is 1. The topological polar surface area (TPSA) is 52.6 Å². The number of rotatable bonds is 5. The molecule has 1 aromatic carbocycles. The lowest BCUT2D eigenvalue weighted by molar-refractivity contribution is 0.156. The zero-order valence-corrected chi connectivity index (χ0v) is 14.7. The highest BCUT2D eigenvalue weighted by molar-refractivity contribution is 7.89. The van der Waals surface area contributed by atoms with E-state index in [-0.39, 0.29) is 0 Å². The van der Waals surface area contributed by atoms with Crippen molar-refractivity contribution >= 4 is 10.0 Å². The molecule has 1 heterocycles. The molecule has 6 heteroatoms. The lowest BCUT2D eigenvalue weighted by atomic mass is 9.92. The first kappa shape index (κ1) is 16.9. The van der Waals surface area contributed by atoms with E-state index in [0.29, 0.717) is 11.4 Å². The van der Waals surface area contributed by atoms with Crippen LogP contribution >= 0.6 is 0 Å². The molecule has 1 saturated heterocycles. The summed E-state index contributed by atoms with van der Waals surface area (Å²) in [6.07, 6.45) is 4.45. The fourth-order valence-corrected chi connectivity index (χ4v) is 4.44. The van der Waals surface area contributed by atoms with Gasteiger partial charge in [0.2, 0.25) is 10.0 Å². The van der Waals surface area contributed by atoms with Crippen molar-refractivity contribution in [3.8, 4) is 0 Å². The molecule has 0 saturated carbocycles. The second kappa shape index (κ2) is 7.30. The predicted molar refractivity (Wildman–Crippen MR) is 92.2 cm³/mol. The Balaban J connectivity index is 1.56. The van der Waals surface area contributed by atoms with Crippen molar-refractivity contribution in [1.29, 1.82) is 0 Å². The van der Waals surface area contributed by atoms with Crippen LogP contribution in [0.3, 0.4) is 0 Å². The van der Waals surface area contributed by atoms with Gasteiger partial charge in [0.05, 0.1) is 4.90 Å². The zero-order valence-electron chi connectivity index (χ0n) is 13.9. The molecule has 0 amide bonds. The number of likely N-dealkylation sites (N-methyl/N-ethyl adjacent to an activating group) is 1. The number of nitrogens with one attached hydrogen (secondary N) is 1. The van der Waals surface area contributed by atoms with Gasteiger partial charge in [0.25, 0.3) is 0 Å². The van der Waals surface area contributed by atoms with Crippen LogP contribution in [-0.2, 0) is 22.9 Å². The quantitative estimate of drug-likeness (QED) is 0.874. The Morgan fingerprint density at radius 2 is 1.74 bits per heavy atom. The first-order valence-electron chi connectivity index (χ1n) is 8.57. The van der Waals surface area contributed by atoms with Crippen molar-refractivity contribution in [3.63, 3.8) is 0 Å². The first-order chi connectivity index (χ1) is 11.0. The largest absolute Gasteiger partial charge is 0.304 e. The van der Waals surface area contributed by atoms with Gasteiger partial charge in [-0.15, -0.1) is 0 Å². The molecule has 1 N–H and O–H groups in total. The van der Waals surface area contributed by atoms with Gasteiger partial charge in [-0.25, -0.2) is 13.1 Å². The van der Waals surface area contributed by atoms with E-state index in [1.54, 1.807) is 6.07 Å². The second-order valence-corrected chi connectivity index (χ2v) is 8.45. The molecule has 128 valence electrons. The highest BCUT2D eigenvalue weighted by Crippen LogP contribution is 2.23. The van der Waals surface area contributed by atoms with Crippen molar-refractivity contribution in [2.45, 2.75) is 30.6 Å². The van der Waals surface area contributed by atoms with E-state index in [9.17, 15) is 8.42 Å².